The Hall–Kier alpha value is -11.3. The monoisotopic (exact) mass is 1190 g/mol. The maximum absolute atomic E-state index is 5.57. The summed E-state index contributed by atoms with van der Waals surface area (Å²) >= 11 is 0. The van der Waals surface area contributed by atoms with Crippen molar-refractivity contribution in [3.05, 3.63) is 308 Å². The Labute approximate surface area is 535 Å². The Kier molecular flexibility index (Phi) is 12.0. The third kappa shape index (κ3) is 8.41. The third-order valence-corrected chi connectivity index (χ3v) is 23.5. The summed E-state index contributed by atoms with van der Waals surface area (Å²) in [6.07, 6.45) is 0. The van der Waals surface area contributed by atoms with Crippen LogP contribution in [0.5, 0.6) is 0 Å². The Morgan fingerprint density at radius 1 is 0.293 bits per heavy atom. The number of rotatable bonds is 9. The topological polar surface area (TPSA) is 46.8 Å². The highest BCUT2D eigenvalue weighted by molar-refractivity contribution is 7.04. The Balaban J connectivity index is 0.781. The van der Waals surface area contributed by atoms with E-state index >= 15 is 0 Å². The van der Waals surface area contributed by atoms with Crippen LogP contribution in [0.2, 0.25) is 13.1 Å². The zero-order valence-electron chi connectivity index (χ0n) is 51.5. The van der Waals surface area contributed by atoms with Crippen LogP contribution in [0.4, 0.5) is 17.1 Å². The van der Waals surface area contributed by atoms with Crippen LogP contribution in [0, 0.1) is 0 Å². The fourth-order valence-corrected chi connectivity index (χ4v) is 18.4. The van der Waals surface area contributed by atoms with Crippen LogP contribution in [0.1, 0.15) is 25.0 Å². The predicted molar refractivity (Wildman–Crippen MR) is 388 cm³/mol. The van der Waals surface area contributed by atoms with Gasteiger partial charge in [0, 0.05) is 44.4 Å². The number of anilines is 3. The van der Waals surface area contributed by atoms with Gasteiger partial charge in [-0.1, -0.05) is 257 Å². The molecule has 92 heavy (non-hydrogen) atoms. The van der Waals surface area contributed by atoms with Gasteiger partial charge in [0.2, 0.25) is 5.95 Å². The second kappa shape index (κ2) is 20.6. The molecule has 2 aromatic heterocycles. The van der Waals surface area contributed by atoms with Crippen molar-refractivity contribution in [2.24, 2.45) is 0 Å². The highest BCUT2D eigenvalue weighted by atomic mass is 28.3. The SMILES string of the molecule is CC1(C)c2ccccc2-c2cc3c4cc(-c5ccc6c(c5)[Si](C)(C)c5cc(N(c7ccc(-c8ccccc8)cc7)c7cccc(-c8ccccc8)c7)ccc5-6)ccc4n(-c4nc(-c5ccccc5)nc(-c5ccc6c7ccccc7c7ccccc7c6c5)n4)c3cc21. The van der Waals surface area contributed by atoms with Gasteiger partial charge in [-0.2, -0.15) is 9.97 Å². The number of aromatic nitrogens is 4. The molecular weight excluding hydrogens is 1130 g/mol. The normalized spacial score (nSPS) is 13.4. The van der Waals surface area contributed by atoms with Crippen molar-refractivity contribution in [1.29, 1.82) is 0 Å². The van der Waals surface area contributed by atoms with E-state index in [1.807, 2.05) is 6.07 Å². The van der Waals surface area contributed by atoms with Crippen LogP contribution < -0.4 is 15.3 Å². The molecule has 0 spiro atoms. The molecule has 0 fully saturated rings. The van der Waals surface area contributed by atoms with Gasteiger partial charge in [0.25, 0.3) is 0 Å². The van der Waals surface area contributed by atoms with Gasteiger partial charge in [0.05, 0.1) is 11.0 Å². The summed E-state index contributed by atoms with van der Waals surface area (Å²) in [6.45, 7) is 9.79. The van der Waals surface area contributed by atoms with Gasteiger partial charge in [-0.3, -0.25) is 4.57 Å². The average molecular weight is 1190 g/mol. The van der Waals surface area contributed by atoms with Gasteiger partial charge in [0.1, 0.15) is 8.07 Å². The lowest BCUT2D eigenvalue weighted by Gasteiger charge is -2.28. The summed E-state index contributed by atoms with van der Waals surface area (Å²) in [5.41, 5.74) is 22.1. The van der Waals surface area contributed by atoms with Crippen LogP contribution in [0.3, 0.4) is 0 Å². The summed E-state index contributed by atoms with van der Waals surface area (Å²) < 4.78 is 2.31. The molecule has 0 saturated heterocycles. The molecule has 0 radical (unpaired) electrons. The molecule has 0 bridgehead atoms. The molecule has 0 N–H and O–H groups in total. The second-order valence-corrected chi connectivity index (χ2v) is 30.3. The van der Waals surface area contributed by atoms with Crippen molar-refractivity contribution in [3.63, 3.8) is 0 Å². The Bertz CT molecular complexity index is 5660. The van der Waals surface area contributed by atoms with Crippen LogP contribution in [0.15, 0.2) is 297 Å². The van der Waals surface area contributed by atoms with Crippen molar-refractivity contribution in [2.75, 3.05) is 4.90 Å². The zero-order valence-corrected chi connectivity index (χ0v) is 52.5. The number of nitrogens with zero attached hydrogens (tertiary/aromatic N) is 5. The zero-order chi connectivity index (χ0) is 61.4. The maximum atomic E-state index is 5.57. The first-order chi connectivity index (χ1) is 45.1. The van der Waals surface area contributed by atoms with E-state index < -0.39 is 8.07 Å². The number of benzene rings is 14. The molecule has 0 amide bonds. The van der Waals surface area contributed by atoms with E-state index in [0.29, 0.717) is 17.6 Å². The highest BCUT2D eigenvalue weighted by Crippen LogP contribution is 2.52. The molecule has 14 aromatic carbocycles. The minimum Gasteiger partial charge on any atom is -0.310 e. The lowest BCUT2D eigenvalue weighted by atomic mass is 9.82. The lowest BCUT2D eigenvalue weighted by molar-refractivity contribution is 0.661. The van der Waals surface area contributed by atoms with Gasteiger partial charge >= 0.3 is 0 Å². The average Bonchev–Trinajstić information content (AvgIpc) is 1.50. The molecule has 1 aliphatic carbocycles. The van der Waals surface area contributed by atoms with Crippen LogP contribution in [0.25, 0.3) is 138 Å². The van der Waals surface area contributed by atoms with Crippen LogP contribution in [-0.2, 0) is 5.41 Å². The molecular formula is C86H61N5Si. The van der Waals surface area contributed by atoms with Crippen LogP contribution in [-0.4, -0.2) is 27.6 Å². The highest BCUT2D eigenvalue weighted by Gasteiger charge is 2.39. The van der Waals surface area contributed by atoms with E-state index in [2.05, 4.69) is 328 Å². The molecule has 0 atom stereocenters. The minimum absolute atomic E-state index is 0.233. The molecule has 1 aliphatic heterocycles. The summed E-state index contributed by atoms with van der Waals surface area (Å²) in [6, 6.07) is 109. The summed E-state index contributed by atoms with van der Waals surface area (Å²) in [4.78, 5) is 18.8. The van der Waals surface area contributed by atoms with Gasteiger partial charge in [-0.05, 0) is 176 Å². The Morgan fingerprint density at radius 3 is 1.48 bits per heavy atom. The first-order valence-electron chi connectivity index (χ1n) is 31.9. The van der Waals surface area contributed by atoms with Crippen molar-refractivity contribution < 1.29 is 0 Å². The summed E-state index contributed by atoms with van der Waals surface area (Å²) in [7, 11) is -2.30. The van der Waals surface area contributed by atoms with E-state index in [9.17, 15) is 0 Å². The molecule has 18 rings (SSSR count). The Morgan fingerprint density at radius 2 is 0.772 bits per heavy atom. The number of fused-ring (bicyclic) bond motifs is 15. The fraction of sp³-hybridized carbons (Fsp3) is 0.0581. The first-order valence-corrected chi connectivity index (χ1v) is 34.9. The maximum Gasteiger partial charge on any atom is 0.238 e. The van der Waals surface area contributed by atoms with Crippen LogP contribution >= 0.6 is 0 Å². The largest absolute Gasteiger partial charge is 0.310 e. The summed E-state index contributed by atoms with van der Waals surface area (Å²) in [5.74, 6) is 1.82. The minimum atomic E-state index is -2.30. The van der Waals surface area contributed by atoms with E-state index in [1.165, 1.54) is 109 Å². The van der Waals surface area contributed by atoms with E-state index in [1.54, 1.807) is 0 Å². The van der Waals surface area contributed by atoms with Gasteiger partial charge in [-0.25, -0.2) is 4.98 Å². The number of hydrogen-bond acceptors (Lipinski definition) is 4. The smallest absolute Gasteiger partial charge is 0.238 e. The van der Waals surface area contributed by atoms with E-state index in [-0.39, 0.29) is 5.41 Å². The van der Waals surface area contributed by atoms with E-state index in [4.69, 9.17) is 15.0 Å². The first kappa shape index (κ1) is 53.7. The summed E-state index contributed by atoms with van der Waals surface area (Å²) in [5, 5.41) is 12.5. The van der Waals surface area contributed by atoms with Gasteiger partial charge in [0.15, 0.2) is 11.6 Å². The lowest BCUT2D eigenvalue weighted by Crippen LogP contribution is -2.49. The van der Waals surface area contributed by atoms with Crippen molar-refractivity contribution in [1.82, 2.24) is 19.5 Å². The van der Waals surface area contributed by atoms with Gasteiger partial charge in [-0.15, -0.1) is 0 Å². The molecule has 434 valence electrons. The van der Waals surface area contributed by atoms with Crippen molar-refractivity contribution >= 4 is 89.6 Å². The molecule has 16 aromatic rings. The predicted octanol–water partition coefficient (Wildman–Crippen LogP) is 21.3. The molecule has 5 nitrogen and oxygen atoms in total. The quantitative estimate of drug-likeness (QED) is 0.107. The standard InChI is InChI=1S/C86H61N5Si/c1-86(2)77-34-19-18-33-70(77)74-52-76-75-48-59(39-46-79(75)91(80(76)53-78(74)86)85-88-83(57-25-12-7-13-26-57)87-84(89-85)61-38-43-69-67-31-15-14-29-65(67)66-30-16-17-32-68(66)73(69)49-61)60-37-44-71-72-45-42-64(51-82(72)92(3,4)81(71)50-60)90(62-40-35-56(36-41-62)54-21-8-5-9-22-54)63-28-20-27-58(47-63)55-23-10-6-11-24-55/h5-53H,1-4H3. The van der Waals surface area contributed by atoms with Crippen molar-refractivity contribution in [2.45, 2.75) is 32.4 Å². The van der Waals surface area contributed by atoms with Crippen molar-refractivity contribution in [3.8, 4) is 84.4 Å². The molecule has 3 heterocycles. The van der Waals surface area contributed by atoms with E-state index in [0.717, 1.165) is 50.0 Å². The van der Waals surface area contributed by atoms with Gasteiger partial charge < -0.3 is 4.90 Å². The molecule has 0 saturated carbocycles. The fourth-order valence-electron chi connectivity index (χ4n) is 15.3. The molecule has 2 aliphatic rings. The second-order valence-electron chi connectivity index (χ2n) is 25.9. The molecule has 6 heteroatoms. The number of hydrogen-bond donors (Lipinski definition) is 0. The molecule has 0 unspecified atom stereocenters. The third-order valence-electron chi connectivity index (χ3n) is 20.0.